The van der Waals surface area contributed by atoms with Crippen LogP contribution in [0.15, 0.2) is 60.7 Å². The SMILES string of the molecule is C=C(C)COc1ccccc1NC(=O)CNc1ccc(C(=O)NC)cc1. The maximum atomic E-state index is 12.2. The van der Waals surface area contributed by atoms with Crippen molar-refractivity contribution in [2.24, 2.45) is 0 Å². The molecule has 3 N–H and O–H groups in total. The second-order valence-corrected chi connectivity index (χ2v) is 5.80. The second kappa shape index (κ2) is 9.27. The van der Waals surface area contributed by atoms with E-state index < -0.39 is 0 Å². The van der Waals surface area contributed by atoms with Crippen LogP contribution in [0.3, 0.4) is 0 Å². The second-order valence-electron chi connectivity index (χ2n) is 5.80. The molecule has 0 saturated heterocycles. The maximum absolute atomic E-state index is 12.2. The summed E-state index contributed by atoms with van der Waals surface area (Å²) in [6.07, 6.45) is 0. The third-order valence-corrected chi connectivity index (χ3v) is 3.46. The van der Waals surface area contributed by atoms with Crippen LogP contribution >= 0.6 is 0 Å². The molecule has 0 spiro atoms. The van der Waals surface area contributed by atoms with Gasteiger partial charge in [0.05, 0.1) is 12.2 Å². The van der Waals surface area contributed by atoms with Crippen molar-refractivity contribution >= 4 is 23.2 Å². The van der Waals surface area contributed by atoms with E-state index in [1.54, 1.807) is 43.4 Å². The number of hydrogen-bond donors (Lipinski definition) is 3. The lowest BCUT2D eigenvalue weighted by Gasteiger charge is -2.13. The van der Waals surface area contributed by atoms with Gasteiger partial charge in [0.15, 0.2) is 0 Å². The molecule has 0 saturated carbocycles. The average molecular weight is 353 g/mol. The summed E-state index contributed by atoms with van der Waals surface area (Å²) >= 11 is 0. The molecule has 2 aromatic rings. The van der Waals surface area contributed by atoms with Gasteiger partial charge in [0.1, 0.15) is 12.4 Å². The zero-order valence-corrected chi connectivity index (χ0v) is 15.0. The molecule has 2 aromatic carbocycles. The predicted molar refractivity (Wildman–Crippen MR) is 104 cm³/mol. The summed E-state index contributed by atoms with van der Waals surface area (Å²) in [6.45, 7) is 6.16. The lowest BCUT2D eigenvalue weighted by molar-refractivity contribution is -0.114. The van der Waals surface area contributed by atoms with Crippen LogP contribution in [0.25, 0.3) is 0 Å². The first-order valence-electron chi connectivity index (χ1n) is 8.21. The minimum Gasteiger partial charge on any atom is -0.487 e. The Labute approximate surface area is 153 Å². The van der Waals surface area contributed by atoms with Crippen LogP contribution in [0.5, 0.6) is 5.75 Å². The van der Waals surface area contributed by atoms with E-state index in [1.165, 1.54) is 0 Å². The Bertz CT molecular complexity index is 785. The minimum atomic E-state index is -0.202. The summed E-state index contributed by atoms with van der Waals surface area (Å²) in [5.41, 5.74) is 2.81. The predicted octanol–water partition coefficient (Wildman–Crippen LogP) is 3.05. The highest BCUT2D eigenvalue weighted by Crippen LogP contribution is 2.24. The lowest BCUT2D eigenvalue weighted by Crippen LogP contribution is -2.22. The summed E-state index contributed by atoms with van der Waals surface area (Å²) in [4.78, 5) is 23.7. The number of ether oxygens (including phenoxy) is 1. The molecule has 0 aliphatic heterocycles. The van der Waals surface area contributed by atoms with Gasteiger partial charge in [-0.2, -0.15) is 0 Å². The van der Waals surface area contributed by atoms with Gasteiger partial charge in [-0.3, -0.25) is 9.59 Å². The Balaban J connectivity index is 1.91. The molecule has 26 heavy (non-hydrogen) atoms. The quantitative estimate of drug-likeness (QED) is 0.637. The molecule has 0 fully saturated rings. The Morgan fingerprint density at radius 1 is 1.08 bits per heavy atom. The highest BCUT2D eigenvalue weighted by molar-refractivity contribution is 5.96. The number of anilines is 2. The third-order valence-electron chi connectivity index (χ3n) is 3.46. The van der Waals surface area contributed by atoms with E-state index in [0.29, 0.717) is 23.6 Å². The number of carbonyl (C=O) groups is 2. The van der Waals surface area contributed by atoms with Crippen molar-refractivity contribution in [1.82, 2.24) is 5.32 Å². The van der Waals surface area contributed by atoms with Gasteiger partial charge in [-0.25, -0.2) is 0 Å². The van der Waals surface area contributed by atoms with Crippen molar-refractivity contribution in [1.29, 1.82) is 0 Å². The summed E-state index contributed by atoms with van der Waals surface area (Å²) in [7, 11) is 1.58. The fraction of sp³-hybridized carbons (Fsp3) is 0.200. The maximum Gasteiger partial charge on any atom is 0.251 e. The van der Waals surface area contributed by atoms with Crippen molar-refractivity contribution in [3.63, 3.8) is 0 Å². The number of nitrogens with one attached hydrogen (secondary N) is 3. The number of carbonyl (C=O) groups excluding carboxylic acids is 2. The van der Waals surface area contributed by atoms with Crippen LogP contribution in [-0.4, -0.2) is 32.0 Å². The van der Waals surface area contributed by atoms with Gasteiger partial charge in [-0.1, -0.05) is 18.7 Å². The largest absolute Gasteiger partial charge is 0.487 e. The van der Waals surface area contributed by atoms with E-state index in [9.17, 15) is 9.59 Å². The number of para-hydroxylation sites is 2. The summed E-state index contributed by atoms with van der Waals surface area (Å²) in [6, 6.07) is 14.1. The van der Waals surface area contributed by atoms with Gasteiger partial charge in [-0.05, 0) is 48.9 Å². The number of benzene rings is 2. The van der Waals surface area contributed by atoms with Gasteiger partial charge in [0.25, 0.3) is 5.91 Å². The van der Waals surface area contributed by atoms with Gasteiger partial charge in [-0.15, -0.1) is 0 Å². The van der Waals surface area contributed by atoms with Gasteiger partial charge >= 0.3 is 0 Å². The molecule has 0 aliphatic rings. The van der Waals surface area contributed by atoms with Crippen LogP contribution in [0.4, 0.5) is 11.4 Å². The lowest BCUT2D eigenvalue weighted by atomic mass is 10.2. The molecule has 0 bridgehead atoms. The van der Waals surface area contributed by atoms with E-state index in [1.807, 2.05) is 19.1 Å². The van der Waals surface area contributed by atoms with Gasteiger partial charge < -0.3 is 20.7 Å². The first kappa shape index (κ1) is 19.1. The molecule has 6 nitrogen and oxygen atoms in total. The fourth-order valence-corrected chi connectivity index (χ4v) is 2.16. The van der Waals surface area contributed by atoms with E-state index >= 15 is 0 Å². The monoisotopic (exact) mass is 353 g/mol. The molecular weight excluding hydrogens is 330 g/mol. The molecule has 0 heterocycles. The molecule has 136 valence electrons. The van der Waals surface area contributed by atoms with Crippen LogP contribution < -0.4 is 20.7 Å². The molecular formula is C20H23N3O3. The molecule has 2 amide bonds. The Morgan fingerprint density at radius 2 is 1.77 bits per heavy atom. The summed E-state index contributed by atoms with van der Waals surface area (Å²) < 4.78 is 5.64. The number of hydrogen-bond acceptors (Lipinski definition) is 4. The van der Waals surface area contributed by atoms with Gasteiger partial charge in [0.2, 0.25) is 5.91 Å². The zero-order valence-electron chi connectivity index (χ0n) is 15.0. The number of rotatable bonds is 8. The minimum absolute atomic E-state index is 0.0914. The van der Waals surface area contributed by atoms with Crippen molar-refractivity contribution in [2.75, 3.05) is 30.8 Å². The molecule has 6 heteroatoms. The standard InChI is InChI=1S/C20H23N3O3/c1-14(2)13-26-18-7-5-4-6-17(18)23-19(24)12-22-16-10-8-15(9-11-16)20(25)21-3/h4-11,22H,1,12-13H2,2-3H3,(H,21,25)(H,23,24). The fourth-order valence-electron chi connectivity index (χ4n) is 2.16. The van der Waals surface area contributed by atoms with E-state index in [0.717, 1.165) is 11.3 Å². The van der Waals surface area contributed by atoms with Crippen LogP contribution in [0, 0.1) is 0 Å². The van der Waals surface area contributed by atoms with E-state index in [2.05, 4.69) is 22.5 Å². The number of amides is 2. The van der Waals surface area contributed by atoms with Crippen LogP contribution in [0.1, 0.15) is 17.3 Å². The van der Waals surface area contributed by atoms with Crippen molar-refractivity contribution in [3.05, 3.63) is 66.2 Å². The molecule has 0 aromatic heterocycles. The molecule has 0 aliphatic carbocycles. The summed E-state index contributed by atoms with van der Waals surface area (Å²) in [5.74, 6) is 0.242. The normalized spacial score (nSPS) is 9.92. The van der Waals surface area contributed by atoms with Crippen LogP contribution in [0.2, 0.25) is 0 Å². The molecule has 2 rings (SSSR count). The third kappa shape index (κ3) is 5.66. The molecule has 0 unspecified atom stereocenters. The van der Waals surface area contributed by atoms with E-state index in [-0.39, 0.29) is 18.4 Å². The zero-order chi connectivity index (χ0) is 18.9. The van der Waals surface area contributed by atoms with Gasteiger partial charge in [0, 0.05) is 18.3 Å². The molecule has 0 radical (unpaired) electrons. The summed E-state index contributed by atoms with van der Waals surface area (Å²) in [5, 5.41) is 8.40. The Hall–Kier alpha value is -3.28. The highest BCUT2D eigenvalue weighted by Gasteiger charge is 2.08. The van der Waals surface area contributed by atoms with Crippen molar-refractivity contribution in [3.8, 4) is 5.75 Å². The van der Waals surface area contributed by atoms with Crippen LogP contribution in [-0.2, 0) is 4.79 Å². The Morgan fingerprint density at radius 3 is 2.42 bits per heavy atom. The van der Waals surface area contributed by atoms with E-state index in [4.69, 9.17) is 4.74 Å². The van der Waals surface area contributed by atoms with Crippen molar-refractivity contribution in [2.45, 2.75) is 6.92 Å². The first-order valence-corrected chi connectivity index (χ1v) is 8.21. The molecule has 0 atom stereocenters. The Kier molecular flexibility index (Phi) is 6.79. The first-order chi connectivity index (χ1) is 12.5. The topological polar surface area (TPSA) is 79.5 Å². The smallest absolute Gasteiger partial charge is 0.251 e. The van der Waals surface area contributed by atoms with Crippen molar-refractivity contribution < 1.29 is 14.3 Å². The highest BCUT2D eigenvalue weighted by atomic mass is 16.5. The average Bonchev–Trinajstić information content (AvgIpc) is 2.65.